The van der Waals surface area contributed by atoms with Crippen molar-refractivity contribution in [3.63, 3.8) is 0 Å². The van der Waals surface area contributed by atoms with Gasteiger partial charge >= 0.3 is 5.97 Å². The number of carbonyl (C=O) groups is 2. The fourth-order valence-electron chi connectivity index (χ4n) is 7.06. The van der Waals surface area contributed by atoms with Crippen LogP contribution in [0.3, 0.4) is 0 Å². The second-order valence-electron chi connectivity index (χ2n) is 12.0. The fraction of sp³-hybridized carbons (Fsp3) is 0.545. The molecular weight excluding hydrogens is 532 g/mol. The van der Waals surface area contributed by atoms with Gasteiger partial charge in [0.25, 0.3) is 0 Å². The Bertz CT molecular complexity index is 1240. The number of aliphatic hydroxyl groups is 1. The molecule has 4 N–H and O–H groups in total. The number of benzene rings is 2. The van der Waals surface area contributed by atoms with Crippen LogP contribution < -0.4 is 10.5 Å². The Morgan fingerprint density at radius 2 is 1.74 bits per heavy atom. The van der Waals surface area contributed by atoms with Gasteiger partial charge < -0.3 is 30.5 Å². The van der Waals surface area contributed by atoms with E-state index in [1.807, 2.05) is 48.5 Å². The van der Waals surface area contributed by atoms with E-state index in [-0.39, 0.29) is 37.1 Å². The number of hydrogen-bond acceptors (Lipinski definition) is 7. The molecule has 0 radical (unpaired) electrons. The highest BCUT2D eigenvalue weighted by Gasteiger charge is 2.35. The van der Waals surface area contributed by atoms with Gasteiger partial charge in [0.1, 0.15) is 11.5 Å². The quantitative estimate of drug-likeness (QED) is 0.325. The molecule has 2 fully saturated rings. The number of ether oxygens (including phenoxy) is 1. The zero-order valence-electron chi connectivity index (χ0n) is 24.4. The van der Waals surface area contributed by atoms with Crippen molar-refractivity contribution in [1.29, 1.82) is 0 Å². The number of aliphatic hydroxyl groups excluding tert-OH is 1. The van der Waals surface area contributed by atoms with Gasteiger partial charge in [0, 0.05) is 37.2 Å². The second kappa shape index (κ2) is 14.1. The average molecular weight is 577 g/mol. The molecule has 1 unspecified atom stereocenters. The number of aliphatic carboxylic acids is 1. The zero-order chi connectivity index (χ0) is 29.5. The number of aliphatic imine (C=N–C) groups is 1. The van der Waals surface area contributed by atoms with E-state index < -0.39 is 5.97 Å². The molecule has 3 aliphatic rings. The highest BCUT2D eigenvalue weighted by Crippen LogP contribution is 2.37. The highest BCUT2D eigenvalue weighted by atomic mass is 16.5. The third-order valence-corrected chi connectivity index (χ3v) is 9.30. The third kappa shape index (κ3) is 7.24. The molecule has 2 aliphatic carbocycles. The van der Waals surface area contributed by atoms with Gasteiger partial charge in [-0.15, -0.1) is 0 Å². The van der Waals surface area contributed by atoms with E-state index in [2.05, 4.69) is 4.90 Å². The number of amides is 1. The Labute approximate surface area is 248 Å². The summed E-state index contributed by atoms with van der Waals surface area (Å²) in [5.74, 6) is 1.35. The van der Waals surface area contributed by atoms with Crippen LogP contribution in [0.5, 0.6) is 11.5 Å². The maximum absolute atomic E-state index is 13.6. The van der Waals surface area contributed by atoms with Gasteiger partial charge in [0.05, 0.1) is 18.2 Å². The molecule has 1 amide bonds. The molecule has 0 saturated heterocycles. The lowest BCUT2D eigenvalue weighted by atomic mass is 9.81. The van der Waals surface area contributed by atoms with E-state index >= 15 is 0 Å². The minimum absolute atomic E-state index is 0.0232. The summed E-state index contributed by atoms with van der Waals surface area (Å²) < 4.78 is 6.09. The zero-order valence-corrected chi connectivity index (χ0v) is 24.4. The molecular formula is C33H44N4O5. The largest absolute Gasteiger partial charge is 0.481 e. The first kappa shape index (κ1) is 29.9. The number of hydrogen-bond donors (Lipinski definition) is 3. The van der Waals surface area contributed by atoms with E-state index in [0.717, 1.165) is 35.6 Å². The molecule has 0 bridgehead atoms. The molecule has 1 aliphatic heterocycles. The maximum atomic E-state index is 13.6. The Morgan fingerprint density at radius 3 is 2.43 bits per heavy atom. The van der Waals surface area contributed by atoms with Crippen LogP contribution in [0.1, 0.15) is 76.2 Å². The molecule has 5 rings (SSSR count). The maximum Gasteiger partial charge on any atom is 0.306 e. The molecule has 42 heavy (non-hydrogen) atoms. The number of carboxylic acids is 1. The van der Waals surface area contributed by atoms with Gasteiger partial charge in [-0.1, -0.05) is 37.5 Å². The first-order valence-electron chi connectivity index (χ1n) is 15.5. The first-order chi connectivity index (χ1) is 20.4. The Morgan fingerprint density at radius 1 is 1.00 bits per heavy atom. The Balaban J connectivity index is 1.30. The van der Waals surface area contributed by atoms with Gasteiger partial charge in [-0.05, 0) is 81.2 Å². The van der Waals surface area contributed by atoms with Crippen LogP contribution in [-0.2, 0) is 16.1 Å². The lowest BCUT2D eigenvalue weighted by Crippen LogP contribution is -2.50. The monoisotopic (exact) mass is 576 g/mol. The van der Waals surface area contributed by atoms with E-state index in [4.69, 9.17) is 15.5 Å². The molecule has 2 aromatic carbocycles. The van der Waals surface area contributed by atoms with Crippen LogP contribution in [-0.4, -0.2) is 63.1 Å². The summed E-state index contributed by atoms with van der Waals surface area (Å²) in [6, 6.07) is 15.6. The number of fused-ring (bicyclic) bond motifs is 1. The summed E-state index contributed by atoms with van der Waals surface area (Å²) in [5.41, 5.74) is 8.48. The van der Waals surface area contributed by atoms with Crippen LogP contribution in [0.25, 0.3) is 0 Å². The first-order valence-corrected chi connectivity index (χ1v) is 15.5. The fourth-order valence-corrected chi connectivity index (χ4v) is 7.06. The number of rotatable bonds is 11. The van der Waals surface area contributed by atoms with Crippen LogP contribution in [0.4, 0.5) is 5.69 Å². The predicted molar refractivity (Wildman–Crippen MR) is 162 cm³/mol. The van der Waals surface area contributed by atoms with Crippen molar-refractivity contribution in [1.82, 2.24) is 9.80 Å². The van der Waals surface area contributed by atoms with E-state index in [0.29, 0.717) is 56.9 Å². The van der Waals surface area contributed by atoms with Gasteiger partial charge in [0.15, 0.2) is 5.96 Å². The van der Waals surface area contributed by atoms with Crippen LogP contribution in [0.15, 0.2) is 53.5 Å². The average Bonchev–Trinajstić information content (AvgIpc) is 3.01. The summed E-state index contributed by atoms with van der Waals surface area (Å²) in [6.07, 6.45) is 9.25. The second-order valence-corrected chi connectivity index (χ2v) is 12.0. The SMILES string of the molecule is NC1=Nc2ccc(Oc3ccccc3)cc2CN1C(CCC(=O)N(CCO)[C@H]1CC[C@@H](C(=O)O)CC1)C1CCCCC1. The van der Waals surface area contributed by atoms with Crippen molar-refractivity contribution in [2.75, 3.05) is 13.2 Å². The topological polar surface area (TPSA) is 129 Å². The molecule has 9 heteroatoms. The van der Waals surface area contributed by atoms with Crippen molar-refractivity contribution in [3.05, 3.63) is 54.1 Å². The molecule has 9 nitrogen and oxygen atoms in total. The molecule has 226 valence electrons. The lowest BCUT2D eigenvalue weighted by molar-refractivity contribution is -0.143. The summed E-state index contributed by atoms with van der Waals surface area (Å²) in [7, 11) is 0. The van der Waals surface area contributed by atoms with Gasteiger partial charge in [-0.3, -0.25) is 9.59 Å². The Hall–Kier alpha value is -3.59. The smallest absolute Gasteiger partial charge is 0.306 e. The van der Waals surface area contributed by atoms with Crippen molar-refractivity contribution in [2.24, 2.45) is 22.6 Å². The molecule has 2 aromatic rings. The Kier molecular flexibility index (Phi) is 10.00. The molecule has 1 heterocycles. The number of para-hydroxylation sites is 1. The van der Waals surface area contributed by atoms with Gasteiger partial charge in [0.2, 0.25) is 5.91 Å². The van der Waals surface area contributed by atoms with Crippen LogP contribution in [0.2, 0.25) is 0 Å². The van der Waals surface area contributed by atoms with Crippen LogP contribution >= 0.6 is 0 Å². The normalized spacial score (nSPS) is 21.6. The number of carboxylic acid groups (broad SMARTS) is 1. The summed E-state index contributed by atoms with van der Waals surface area (Å²) in [5, 5.41) is 19.1. The van der Waals surface area contributed by atoms with Gasteiger partial charge in [-0.25, -0.2) is 4.99 Å². The molecule has 1 atom stereocenters. The minimum Gasteiger partial charge on any atom is -0.481 e. The van der Waals surface area contributed by atoms with E-state index in [1.165, 1.54) is 19.3 Å². The minimum atomic E-state index is -0.759. The number of guanidine groups is 1. The number of nitrogens with two attached hydrogens (primary N) is 1. The summed E-state index contributed by atoms with van der Waals surface area (Å²) >= 11 is 0. The molecule has 0 spiro atoms. The summed E-state index contributed by atoms with van der Waals surface area (Å²) in [4.78, 5) is 33.8. The van der Waals surface area contributed by atoms with Crippen molar-refractivity contribution < 1.29 is 24.5 Å². The predicted octanol–water partition coefficient (Wildman–Crippen LogP) is 5.43. The highest BCUT2D eigenvalue weighted by molar-refractivity contribution is 5.84. The van der Waals surface area contributed by atoms with Crippen molar-refractivity contribution in [3.8, 4) is 11.5 Å². The van der Waals surface area contributed by atoms with E-state index in [9.17, 15) is 19.8 Å². The van der Waals surface area contributed by atoms with Gasteiger partial charge in [-0.2, -0.15) is 0 Å². The molecule has 2 saturated carbocycles. The van der Waals surface area contributed by atoms with E-state index in [1.54, 1.807) is 4.90 Å². The standard InChI is InChI=1S/C33H44N4O5/c34-33-35-29-16-15-28(42-27-9-5-2-6-10-27)21-25(29)22-37(33)30(23-7-3-1-4-8-23)17-18-31(39)36(19-20-38)26-13-11-24(12-14-26)32(40)41/h2,5-6,9-10,15-16,21,23-24,26,30,38H,1,3-4,7-8,11-14,17-20,22H2,(H2,34,35)(H,40,41)/t24-,26+,30?. The number of nitrogens with zero attached hydrogens (tertiary/aromatic N) is 3. The third-order valence-electron chi connectivity index (χ3n) is 9.30. The van der Waals surface area contributed by atoms with Crippen LogP contribution in [0, 0.1) is 11.8 Å². The summed E-state index contributed by atoms with van der Waals surface area (Å²) in [6.45, 7) is 0.776. The lowest BCUT2D eigenvalue weighted by Gasteiger charge is -2.42. The number of carbonyl (C=O) groups excluding carboxylic acids is 1. The molecule has 0 aromatic heterocycles. The van der Waals surface area contributed by atoms with Crippen molar-refractivity contribution in [2.45, 2.75) is 89.3 Å². The van der Waals surface area contributed by atoms with Crippen molar-refractivity contribution >= 4 is 23.5 Å².